The molecule has 1 heterocycles. The minimum Gasteiger partial charge on any atom is -0.347 e. The quantitative estimate of drug-likeness (QED) is 0.579. The number of unbranched alkanes of at least 4 members (excludes halogenated alkanes) is 3. The van der Waals surface area contributed by atoms with Gasteiger partial charge in [0.05, 0.1) is 0 Å². The molecule has 0 saturated carbocycles. The molecule has 20 heavy (non-hydrogen) atoms. The van der Waals surface area contributed by atoms with Crippen LogP contribution in [0.5, 0.6) is 0 Å². The van der Waals surface area contributed by atoms with E-state index < -0.39 is 0 Å². The molecule has 0 saturated heterocycles. The Balaban J connectivity index is 1.99. The van der Waals surface area contributed by atoms with Crippen LogP contribution in [0.4, 0.5) is 0 Å². The molecule has 0 radical (unpaired) electrons. The van der Waals surface area contributed by atoms with E-state index in [4.69, 9.17) is 0 Å². The van der Waals surface area contributed by atoms with E-state index in [-0.39, 0.29) is 0 Å². The predicted octanol–water partition coefficient (Wildman–Crippen LogP) is 5.22. The van der Waals surface area contributed by atoms with Crippen LogP contribution in [-0.2, 0) is 19.4 Å². The van der Waals surface area contributed by atoms with Crippen molar-refractivity contribution >= 4 is 0 Å². The van der Waals surface area contributed by atoms with Gasteiger partial charge in [-0.3, -0.25) is 0 Å². The highest BCUT2D eigenvalue weighted by molar-refractivity contribution is 5.22. The van der Waals surface area contributed by atoms with Crippen molar-refractivity contribution in [2.75, 3.05) is 0 Å². The molecule has 0 unspecified atom stereocenters. The van der Waals surface area contributed by atoms with Gasteiger partial charge in [0.1, 0.15) is 0 Å². The van der Waals surface area contributed by atoms with Crippen LogP contribution in [0, 0.1) is 0 Å². The first-order valence-corrected chi connectivity index (χ1v) is 8.05. The monoisotopic (exact) mass is 269 g/mol. The molecule has 1 aromatic carbocycles. The molecule has 2 rings (SSSR count). The average molecular weight is 269 g/mol. The van der Waals surface area contributed by atoms with Crippen molar-refractivity contribution in [1.29, 1.82) is 0 Å². The number of benzene rings is 1. The predicted molar refractivity (Wildman–Crippen MR) is 87.2 cm³/mol. The van der Waals surface area contributed by atoms with E-state index in [1.807, 2.05) is 0 Å². The van der Waals surface area contributed by atoms with Crippen LogP contribution in [0.25, 0.3) is 0 Å². The summed E-state index contributed by atoms with van der Waals surface area (Å²) in [6.45, 7) is 5.52. The van der Waals surface area contributed by atoms with E-state index >= 15 is 0 Å². The summed E-state index contributed by atoms with van der Waals surface area (Å²) in [6, 6.07) is 13.1. The van der Waals surface area contributed by atoms with Gasteiger partial charge in [0.2, 0.25) is 0 Å². The Labute approximate surface area is 123 Å². The molecule has 0 N–H and O–H groups in total. The molecule has 1 aromatic heterocycles. The van der Waals surface area contributed by atoms with Crippen molar-refractivity contribution in [2.24, 2.45) is 0 Å². The van der Waals surface area contributed by atoms with Crippen LogP contribution in [0.1, 0.15) is 56.4 Å². The lowest BCUT2D eigenvalue weighted by Crippen LogP contribution is -2.01. The van der Waals surface area contributed by atoms with Gasteiger partial charge >= 0.3 is 0 Å². The van der Waals surface area contributed by atoms with Gasteiger partial charge < -0.3 is 4.57 Å². The Kier molecular flexibility index (Phi) is 5.91. The Morgan fingerprint density at radius 1 is 0.900 bits per heavy atom. The SMILES string of the molecule is CCCCCCc1cc(CC)n(Cc2ccccc2)c1. The maximum atomic E-state index is 2.42. The van der Waals surface area contributed by atoms with E-state index in [1.54, 1.807) is 0 Å². The second-order valence-corrected chi connectivity index (χ2v) is 5.62. The standard InChI is InChI=1S/C19H27N/c1-3-5-6-8-13-18-14-19(4-2)20(16-18)15-17-11-9-7-10-12-17/h7,9-12,14,16H,3-6,8,13,15H2,1-2H3. The number of hydrogen-bond donors (Lipinski definition) is 0. The Morgan fingerprint density at radius 3 is 2.40 bits per heavy atom. The molecule has 0 amide bonds. The first kappa shape index (κ1) is 14.9. The molecule has 0 fully saturated rings. The highest BCUT2D eigenvalue weighted by Crippen LogP contribution is 2.15. The third-order valence-corrected chi connectivity index (χ3v) is 3.92. The normalized spacial score (nSPS) is 10.9. The lowest BCUT2D eigenvalue weighted by atomic mass is 10.1. The van der Waals surface area contributed by atoms with Crippen LogP contribution in [-0.4, -0.2) is 4.57 Å². The van der Waals surface area contributed by atoms with Gasteiger partial charge in [-0.2, -0.15) is 0 Å². The molecule has 0 aliphatic rings. The van der Waals surface area contributed by atoms with Crippen molar-refractivity contribution in [2.45, 2.75) is 58.9 Å². The number of nitrogens with zero attached hydrogens (tertiary/aromatic N) is 1. The van der Waals surface area contributed by atoms with Gasteiger partial charge in [0.15, 0.2) is 0 Å². The summed E-state index contributed by atoms with van der Waals surface area (Å²) in [5.74, 6) is 0. The summed E-state index contributed by atoms with van der Waals surface area (Å²) in [5.41, 5.74) is 4.35. The minimum absolute atomic E-state index is 0.999. The first-order chi connectivity index (χ1) is 9.83. The van der Waals surface area contributed by atoms with E-state index in [0.717, 1.165) is 13.0 Å². The summed E-state index contributed by atoms with van der Waals surface area (Å²) in [7, 11) is 0. The highest BCUT2D eigenvalue weighted by Gasteiger charge is 2.05. The van der Waals surface area contributed by atoms with Crippen molar-refractivity contribution in [3.63, 3.8) is 0 Å². The fraction of sp³-hybridized carbons (Fsp3) is 0.474. The number of aryl methyl sites for hydroxylation is 2. The number of rotatable bonds is 8. The summed E-state index contributed by atoms with van der Waals surface area (Å²) >= 11 is 0. The number of aromatic nitrogens is 1. The zero-order valence-corrected chi connectivity index (χ0v) is 12.9. The maximum Gasteiger partial charge on any atom is 0.0472 e. The molecule has 0 atom stereocenters. The van der Waals surface area contributed by atoms with Crippen molar-refractivity contribution in [3.05, 3.63) is 59.4 Å². The molecule has 1 heteroatoms. The minimum atomic E-state index is 0.999. The van der Waals surface area contributed by atoms with Gasteiger partial charge in [-0.25, -0.2) is 0 Å². The van der Waals surface area contributed by atoms with Gasteiger partial charge in [0.25, 0.3) is 0 Å². The molecule has 0 bridgehead atoms. The van der Waals surface area contributed by atoms with Gasteiger partial charge in [0, 0.05) is 18.4 Å². The van der Waals surface area contributed by atoms with Crippen molar-refractivity contribution < 1.29 is 0 Å². The number of hydrogen-bond acceptors (Lipinski definition) is 0. The van der Waals surface area contributed by atoms with Crippen LogP contribution in [0.3, 0.4) is 0 Å². The van der Waals surface area contributed by atoms with Crippen molar-refractivity contribution in [3.8, 4) is 0 Å². The Hall–Kier alpha value is -1.50. The summed E-state index contributed by atoms with van der Waals surface area (Å²) < 4.78 is 2.42. The second kappa shape index (κ2) is 7.94. The van der Waals surface area contributed by atoms with Gasteiger partial charge in [-0.15, -0.1) is 0 Å². The molecule has 2 aromatic rings. The molecule has 0 aliphatic carbocycles. The van der Waals surface area contributed by atoms with E-state index in [1.165, 1.54) is 48.9 Å². The fourth-order valence-electron chi connectivity index (χ4n) is 2.74. The van der Waals surface area contributed by atoms with Crippen LogP contribution in [0.2, 0.25) is 0 Å². The summed E-state index contributed by atoms with van der Waals surface area (Å²) in [4.78, 5) is 0. The van der Waals surface area contributed by atoms with Crippen LogP contribution >= 0.6 is 0 Å². The summed E-state index contributed by atoms with van der Waals surface area (Å²) in [6.07, 6.45) is 10.1. The van der Waals surface area contributed by atoms with Crippen LogP contribution in [0.15, 0.2) is 42.6 Å². The summed E-state index contributed by atoms with van der Waals surface area (Å²) in [5, 5.41) is 0. The molecule has 0 aliphatic heterocycles. The van der Waals surface area contributed by atoms with E-state index in [2.05, 4.69) is 61.0 Å². The Bertz CT molecular complexity index is 496. The zero-order chi connectivity index (χ0) is 14.2. The zero-order valence-electron chi connectivity index (χ0n) is 12.9. The lowest BCUT2D eigenvalue weighted by Gasteiger charge is -2.07. The lowest BCUT2D eigenvalue weighted by molar-refractivity contribution is 0.665. The smallest absolute Gasteiger partial charge is 0.0472 e. The van der Waals surface area contributed by atoms with Gasteiger partial charge in [-0.1, -0.05) is 63.4 Å². The third-order valence-electron chi connectivity index (χ3n) is 3.92. The molecule has 0 spiro atoms. The maximum absolute atomic E-state index is 2.42. The van der Waals surface area contributed by atoms with E-state index in [0.29, 0.717) is 0 Å². The first-order valence-electron chi connectivity index (χ1n) is 8.05. The third kappa shape index (κ3) is 4.26. The largest absolute Gasteiger partial charge is 0.347 e. The second-order valence-electron chi connectivity index (χ2n) is 5.62. The molecule has 1 nitrogen and oxygen atoms in total. The molecular weight excluding hydrogens is 242 g/mol. The van der Waals surface area contributed by atoms with Crippen LogP contribution < -0.4 is 0 Å². The Morgan fingerprint density at radius 2 is 1.70 bits per heavy atom. The van der Waals surface area contributed by atoms with Crippen molar-refractivity contribution in [1.82, 2.24) is 4.57 Å². The van der Waals surface area contributed by atoms with E-state index in [9.17, 15) is 0 Å². The van der Waals surface area contributed by atoms with Gasteiger partial charge in [-0.05, 0) is 36.5 Å². The highest BCUT2D eigenvalue weighted by atomic mass is 15.0. The molecule has 108 valence electrons. The topological polar surface area (TPSA) is 4.93 Å². The molecular formula is C19H27N. The fourth-order valence-corrected chi connectivity index (χ4v) is 2.74. The average Bonchev–Trinajstić information content (AvgIpc) is 2.87.